The molecule has 30 heavy (non-hydrogen) atoms. The fourth-order valence-electron chi connectivity index (χ4n) is 2.96. The third-order valence-electron chi connectivity index (χ3n) is 4.44. The lowest BCUT2D eigenvalue weighted by molar-refractivity contribution is 0.373. The van der Waals surface area contributed by atoms with Gasteiger partial charge in [-0.1, -0.05) is 30.3 Å². The molecule has 3 aromatic carbocycles. The average Bonchev–Trinajstić information content (AvgIpc) is 3.20. The van der Waals surface area contributed by atoms with Crippen LogP contribution in [-0.2, 0) is 0 Å². The lowest BCUT2D eigenvalue weighted by Crippen LogP contribution is -2.13. The predicted octanol–water partition coefficient (Wildman–Crippen LogP) is 4.56. The Balaban J connectivity index is 1.78. The molecule has 0 unspecified atom stereocenters. The van der Waals surface area contributed by atoms with Gasteiger partial charge in [0.2, 0.25) is 4.80 Å². The molecule has 4 aromatic rings. The van der Waals surface area contributed by atoms with Crippen molar-refractivity contribution in [2.24, 2.45) is 10.2 Å². The minimum Gasteiger partial charge on any atom is -0.508 e. The summed E-state index contributed by atoms with van der Waals surface area (Å²) in [5.41, 5.74) is 3.65. The first-order valence-electron chi connectivity index (χ1n) is 9.15. The Bertz CT molecular complexity index is 1240. The molecular formula is C23H19N3O3S. The van der Waals surface area contributed by atoms with Crippen LogP contribution in [0.2, 0.25) is 0 Å². The van der Waals surface area contributed by atoms with Crippen molar-refractivity contribution in [1.82, 2.24) is 4.57 Å². The largest absolute Gasteiger partial charge is 0.508 e. The van der Waals surface area contributed by atoms with Gasteiger partial charge in [-0.3, -0.25) is 4.57 Å². The molecule has 1 aromatic heterocycles. The third kappa shape index (κ3) is 4.11. The van der Waals surface area contributed by atoms with Gasteiger partial charge in [0, 0.05) is 11.1 Å². The normalized spacial score (nSPS) is 11.8. The van der Waals surface area contributed by atoms with Gasteiger partial charge in [0.25, 0.3) is 0 Å². The number of nitrogens with zero attached hydrogens (tertiary/aromatic N) is 3. The van der Waals surface area contributed by atoms with E-state index in [0.29, 0.717) is 10.6 Å². The van der Waals surface area contributed by atoms with Crippen molar-refractivity contribution < 1.29 is 14.9 Å². The first-order valence-corrected chi connectivity index (χ1v) is 10.0. The molecule has 0 fully saturated rings. The van der Waals surface area contributed by atoms with Crippen LogP contribution in [0.25, 0.3) is 16.9 Å². The minimum absolute atomic E-state index is 0.0718. The van der Waals surface area contributed by atoms with Crippen LogP contribution in [0, 0.1) is 0 Å². The molecule has 0 aliphatic rings. The Hall–Kier alpha value is -3.84. The van der Waals surface area contributed by atoms with Crippen molar-refractivity contribution in [3.8, 4) is 34.2 Å². The summed E-state index contributed by atoms with van der Waals surface area (Å²) >= 11 is 1.47. The summed E-state index contributed by atoms with van der Waals surface area (Å²) in [6.07, 6.45) is 1.60. The molecule has 150 valence electrons. The van der Waals surface area contributed by atoms with Crippen LogP contribution in [0.3, 0.4) is 0 Å². The van der Waals surface area contributed by atoms with E-state index >= 15 is 0 Å². The number of hydrogen-bond donors (Lipinski definition) is 2. The fourth-order valence-corrected chi connectivity index (χ4v) is 3.82. The van der Waals surface area contributed by atoms with E-state index in [1.807, 2.05) is 52.4 Å². The van der Waals surface area contributed by atoms with Crippen LogP contribution in [0.15, 0.2) is 88.4 Å². The zero-order valence-electron chi connectivity index (χ0n) is 16.1. The summed E-state index contributed by atoms with van der Waals surface area (Å²) in [6, 6.07) is 21.9. The molecule has 0 radical (unpaired) electrons. The second kappa shape index (κ2) is 8.67. The van der Waals surface area contributed by atoms with Crippen LogP contribution in [0.4, 0.5) is 0 Å². The highest BCUT2D eigenvalue weighted by molar-refractivity contribution is 7.07. The summed E-state index contributed by atoms with van der Waals surface area (Å²) in [4.78, 5) is 0.682. The highest BCUT2D eigenvalue weighted by atomic mass is 32.1. The number of ether oxygens (including phenoxy) is 1. The van der Waals surface area contributed by atoms with Crippen molar-refractivity contribution in [1.29, 1.82) is 0 Å². The van der Waals surface area contributed by atoms with Gasteiger partial charge in [0.1, 0.15) is 5.75 Å². The Morgan fingerprint density at radius 1 is 0.967 bits per heavy atom. The zero-order chi connectivity index (χ0) is 20.9. The lowest BCUT2D eigenvalue weighted by atomic mass is 10.1. The highest BCUT2D eigenvalue weighted by Crippen LogP contribution is 2.26. The van der Waals surface area contributed by atoms with Gasteiger partial charge < -0.3 is 14.9 Å². The minimum atomic E-state index is 0.0718. The van der Waals surface area contributed by atoms with E-state index in [0.717, 1.165) is 22.5 Å². The molecular weight excluding hydrogens is 398 g/mol. The molecule has 0 aliphatic carbocycles. The molecule has 4 rings (SSSR count). The van der Waals surface area contributed by atoms with Gasteiger partial charge in [-0.25, -0.2) is 0 Å². The Labute approximate surface area is 177 Å². The number of aromatic nitrogens is 1. The van der Waals surface area contributed by atoms with Crippen molar-refractivity contribution in [3.05, 3.63) is 88.5 Å². The quantitative estimate of drug-likeness (QED) is 0.369. The van der Waals surface area contributed by atoms with Crippen LogP contribution in [0.5, 0.6) is 17.2 Å². The molecule has 0 bridgehead atoms. The van der Waals surface area contributed by atoms with Gasteiger partial charge in [0.05, 0.1) is 19.0 Å². The standard InChI is InChI=1S/C23H19N3O3S/c1-29-22-13-16(7-12-21(22)28)14-24-25-23-26(18-8-10-19(27)11-9-18)20(15-30-23)17-5-3-2-4-6-17/h2-15,27-28H,1H3. The Morgan fingerprint density at radius 2 is 1.73 bits per heavy atom. The van der Waals surface area contributed by atoms with E-state index < -0.39 is 0 Å². The first kappa shape index (κ1) is 19.5. The predicted molar refractivity (Wildman–Crippen MR) is 119 cm³/mol. The highest BCUT2D eigenvalue weighted by Gasteiger charge is 2.10. The van der Waals surface area contributed by atoms with Crippen LogP contribution < -0.4 is 9.54 Å². The van der Waals surface area contributed by atoms with Gasteiger partial charge in [-0.05, 0) is 53.6 Å². The second-order valence-corrected chi connectivity index (χ2v) is 7.23. The maximum absolute atomic E-state index is 9.72. The van der Waals surface area contributed by atoms with E-state index in [4.69, 9.17) is 4.74 Å². The van der Waals surface area contributed by atoms with Gasteiger partial charge in [-0.2, -0.15) is 5.10 Å². The van der Waals surface area contributed by atoms with E-state index in [1.54, 1.807) is 36.5 Å². The van der Waals surface area contributed by atoms with E-state index in [-0.39, 0.29) is 11.5 Å². The van der Waals surface area contributed by atoms with E-state index in [9.17, 15) is 10.2 Å². The molecule has 0 amide bonds. The molecule has 2 N–H and O–H groups in total. The van der Waals surface area contributed by atoms with Gasteiger partial charge in [0.15, 0.2) is 11.5 Å². The zero-order valence-corrected chi connectivity index (χ0v) is 17.0. The SMILES string of the molecule is COc1cc(C=NN=c2scc(-c3ccccc3)n2-c2ccc(O)cc2)ccc1O. The topological polar surface area (TPSA) is 79.3 Å². The molecule has 0 spiro atoms. The molecule has 7 heteroatoms. The maximum Gasteiger partial charge on any atom is 0.215 e. The Kier molecular flexibility index (Phi) is 5.63. The number of rotatable bonds is 5. The number of hydrogen-bond acceptors (Lipinski definition) is 6. The monoisotopic (exact) mass is 417 g/mol. The summed E-state index contributed by atoms with van der Waals surface area (Å²) < 4.78 is 7.12. The first-order chi connectivity index (χ1) is 14.7. The molecule has 0 saturated heterocycles. The van der Waals surface area contributed by atoms with Crippen LogP contribution >= 0.6 is 11.3 Å². The van der Waals surface area contributed by atoms with Crippen molar-refractivity contribution in [3.63, 3.8) is 0 Å². The van der Waals surface area contributed by atoms with Crippen LogP contribution in [-0.4, -0.2) is 28.1 Å². The molecule has 6 nitrogen and oxygen atoms in total. The summed E-state index contributed by atoms with van der Waals surface area (Å²) in [6.45, 7) is 0. The number of methoxy groups -OCH3 is 1. The average molecular weight is 417 g/mol. The summed E-state index contributed by atoms with van der Waals surface area (Å²) in [5, 5.41) is 30.0. The van der Waals surface area contributed by atoms with E-state index in [2.05, 4.69) is 10.2 Å². The molecule has 0 aliphatic heterocycles. The van der Waals surface area contributed by atoms with E-state index in [1.165, 1.54) is 18.4 Å². The number of phenolic OH excluding ortho intramolecular Hbond substituents is 2. The van der Waals surface area contributed by atoms with Crippen LogP contribution in [0.1, 0.15) is 5.56 Å². The number of thiazole rings is 1. The smallest absolute Gasteiger partial charge is 0.215 e. The van der Waals surface area contributed by atoms with Crippen molar-refractivity contribution in [2.45, 2.75) is 0 Å². The summed E-state index contributed by atoms with van der Waals surface area (Å²) in [7, 11) is 1.50. The second-order valence-electron chi connectivity index (χ2n) is 6.40. The fraction of sp³-hybridized carbons (Fsp3) is 0.0435. The molecule has 0 saturated carbocycles. The van der Waals surface area contributed by atoms with Gasteiger partial charge >= 0.3 is 0 Å². The van der Waals surface area contributed by atoms with Gasteiger partial charge in [-0.15, -0.1) is 16.4 Å². The van der Waals surface area contributed by atoms with Crippen molar-refractivity contribution >= 4 is 17.6 Å². The van der Waals surface area contributed by atoms with Crippen molar-refractivity contribution in [2.75, 3.05) is 7.11 Å². The number of phenols is 2. The molecule has 1 heterocycles. The molecule has 0 atom stereocenters. The number of aromatic hydroxyl groups is 2. The summed E-state index contributed by atoms with van der Waals surface area (Å²) in [5.74, 6) is 0.650. The maximum atomic E-state index is 9.72. The number of benzene rings is 3. The lowest BCUT2D eigenvalue weighted by Gasteiger charge is -2.09. The Morgan fingerprint density at radius 3 is 2.47 bits per heavy atom. The third-order valence-corrected chi connectivity index (χ3v) is 5.26.